The normalized spacial score (nSPS) is 11.1. The summed E-state index contributed by atoms with van der Waals surface area (Å²) in [5.41, 5.74) is 1.74. The van der Waals surface area contributed by atoms with Crippen molar-refractivity contribution in [3.8, 4) is 0 Å². The third-order valence-electron chi connectivity index (χ3n) is 3.54. The van der Waals surface area contributed by atoms with Crippen molar-refractivity contribution in [3.63, 3.8) is 0 Å². The molecule has 3 N–H and O–H groups in total. The zero-order chi connectivity index (χ0) is 18.6. The highest BCUT2D eigenvalue weighted by atomic mass is 35.5. The van der Waals surface area contributed by atoms with Crippen LogP contribution in [-0.2, 0) is 6.42 Å². The molecule has 0 fully saturated rings. The Morgan fingerprint density at radius 3 is 2.54 bits per heavy atom. The zero-order valence-corrected chi connectivity index (χ0v) is 15.6. The number of carbonyl (C=O) groups is 1. The van der Waals surface area contributed by atoms with Crippen molar-refractivity contribution < 1.29 is 4.79 Å². The fraction of sp³-hybridized carbons (Fsp3) is 0.316. The van der Waals surface area contributed by atoms with Crippen LogP contribution in [0.15, 0.2) is 53.7 Å². The summed E-state index contributed by atoms with van der Waals surface area (Å²) in [6.45, 7) is 4.52. The number of rotatable bonds is 8. The van der Waals surface area contributed by atoms with E-state index in [9.17, 15) is 4.79 Å². The number of aliphatic imine (C=N–C) groups is 1. The van der Waals surface area contributed by atoms with Gasteiger partial charge in [0.2, 0.25) is 0 Å². The van der Waals surface area contributed by atoms with Gasteiger partial charge in [0.05, 0.1) is 0 Å². The summed E-state index contributed by atoms with van der Waals surface area (Å²) in [5.74, 6) is 0.646. The maximum Gasteiger partial charge on any atom is 0.251 e. The highest BCUT2D eigenvalue weighted by Crippen LogP contribution is 2.05. The first-order valence-corrected chi connectivity index (χ1v) is 9.02. The molecule has 0 spiro atoms. The van der Waals surface area contributed by atoms with E-state index in [1.807, 2.05) is 31.2 Å². The van der Waals surface area contributed by atoms with Gasteiger partial charge in [-0.1, -0.05) is 35.9 Å². The molecule has 2 rings (SSSR count). The van der Waals surface area contributed by atoms with Crippen molar-refractivity contribution in [1.29, 1.82) is 0 Å². The van der Waals surface area contributed by atoms with E-state index in [-0.39, 0.29) is 5.91 Å². The van der Waals surface area contributed by atoms with Gasteiger partial charge in [-0.3, -0.25) is 9.79 Å². The Balaban J connectivity index is 1.73. The molecule has 2 aromatic rings. The first-order chi connectivity index (χ1) is 12.7. The van der Waals surface area contributed by atoms with Crippen LogP contribution in [-0.4, -0.2) is 43.0 Å². The molecule has 0 aliphatic heterocycles. The first-order valence-electron chi connectivity index (χ1n) is 8.65. The van der Waals surface area contributed by atoms with Crippen LogP contribution >= 0.6 is 11.6 Å². The highest BCUT2D eigenvalue weighted by Gasteiger charge is 2.03. The number of guanidine groups is 1. The molecule has 0 aliphatic carbocycles. The van der Waals surface area contributed by atoms with Gasteiger partial charge in [0.25, 0.3) is 5.91 Å². The Kier molecular flexibility index (Phi) is 8.42. The van der Waals surface area contributed by atoms with Crippen LogP contribution in [0.1, 0.15) is 22.8 Å². The second-order valence-corrected chi connectivity index (χ2v) is 5.94. The first kappa shape index (κ1) is 19.7. The fourth-order valence-corrected chi connectivity index (χ4v) is 2.35. The molecule has 6 nitrogen and oxygen atoms in total. The van der Waals surface area contributed by atoms with E-state index in [0.717, 1.165) is 24.5 Å². The van der Waals surface area contributed by atoms with E-state index < -0.39 is 0 Å². The number of halogens is 1. The molecule has 7 heteroatoms. The molecule has 138 valence electrons. The number of nitrogens with one attached hydrogen (secondary N) is 3. The molecule has 1 aromatic heterocycles. The van der Waals surface area contributed by atoms with Crippen molar-refractivity contribution in [1.82, 2.24) is 20.9 Å². The van der Waals surface area contributed by atoms with Gasteiger partial charge >= 0.3 is 0 Å². The molecule has 0 saturated carbocycles. The van der Waals surface area contributed by atoms with E-state index in [2.05, 4.69) is 25.9 Å². The average molecular weight is 374 g/mol. The zero-order valence-electron chi connectivity index (χ0n) is 14.8. The van der Waals surface area contributed by atoms with Crippen LogP contribution in [0.5, 0.6) is 0 Å². The maximum atomic E-state index is 12.0. The van der Waals surface area contributed by atoms with Gasteiger partial charge < -0.3 is 16.0 Å². The van der Waals surface area contributed by atoms with Gasteiger partial charge in [0, 0.05) is 37.9 Å². The lowest BCUT2D eigenvalue weighted by Crippen LogP contribution is -2.41. The third-order valence-corrected chi connectivity index (χ3v) is 3.77. The smallest absolute Gasteiger partial charge is 0.251 e. The van der Waals surface area contributed by atoms with Gasteiger partial charge in [0.15, 0.2) is 5.96 Å². The minimum Gasteiger partial charge on any atom is -0.357 e. The molecule has 0 atom stereocenters. The predicted octanol–water partition coefficient (Wildman–Crippen LogP) is 2.26. The Labute approximate surface area is 159 Å². The number of benzene rings is 1. The summed E-state index contributed by atoms with van der Waals surface area (Å²) < 4.78 is 0. The monoisotopic (exact) mass is 373 g/mol. The largest absolute Gasteiger partial charge is 0.357 e. The van der Waals surface area contributed by atoms with Crippen molar-refractivity contribution >= 4 is 23.5 Å². The topological polar surface area (TPSA) is 78.4 Å². The number of aromatic nitrogens is 1. The lowest BCUT2D eigenvalue weighted by atomic mass is 10.2. The Morgan fingerprint density at radius 1 is 1.08 bits per heavy atom. The van der Waals surface area contributed by atoms with Gasteiger partial charge in [-0.25, -0.2) is 4.98 Å². The summed E-state index contributed by atoms with van der Waals surface area (Å²) >= 11 is 5.78. The van der Waals surface area contributed by atoms with E-state index in [1.54, 1.807) is 24.4 Å². The summed E-state index contributed by atoms with van der Waals surface area (Å²) in [6, 6.07) is 12.9. The molecule has 0 radical (unpaired) electrons. The molecule has 0 saturated heterocycles. The minimum atomic E-state index is -0.0791. The van der Waals surface area contributed by atoms with Crippen molar-refractivity contribution in [3.05, 3.63) is 64.9 Å². The molecule has 0 unspecified atom stereocenters. The van der Waals surface area contributed by atoms with Crippen molar-refractivity contribution in [2.45, 2.75) is 13.3 Å². The molecule has 1 heterocycles. The van der Waals surface area contributed by atoms with Crippen molar-refractivity contribution in [2.75, 3.05) is 26.2 Å². The lowest BCUT2D eigenvalue weighted by molar-refractivity contribution is 0.0954. The van der Waals surface area contributed by atoms with Crippen LogP contribution < -0.4 is 16.0 Å². The number of hydrogen-bond acceptors (Lipinski definition) is 3. The van der Waals surface area contributed by atoms with Crippen molar-refractivity contribution in [2.24, 2.45) is 4.99 Å². The van der Waals surface area contributed by atoms with E-state index in [1.165, 1.54) is 0 Å². The molecule has 0 aliphatic rings. The fourth-order valence-electron chi connectivity index (χ4n) is 2.24. The molecule has 0 bridgehead atoms. The van der Waals surface area contributed by atoms with E-state index in [4.69, 9.17) is 11.6 Å². The summed E-state index contributed by atoms with van der Waals surface area (Å²) in [7, 11) is 0. The van der Waals surface area contributed by atoms with Crippen LogP contribution in [0.25, 0.3) is 0 Å². The van der Waals surface area contributed by atoms with E-state index in [0.29, 0.717) is 30.4 Å². The second kappa shape index (κ2) is 11.1. The molecule has 1 aromatic carbocycles. The number of hydrogen-bond donors (Lipinski definition) is 3. The number of nitrogens with zero attached hydrogens (tertiary/aromatic N) is 2. The lowest BCUT2D eigenvalue weighted by Gasteiger charge is -2.12. The predicted molar refractivity (Wildman–Crippen MR) is 106 cm³/mol. The Hall–Kier alpha value is -2.60. The summed E-state index contributed by atoms with van der Waals surface area (Å²) in [4.78, 5) is 20.6. The third kappa shape index (κ3) is 7.11. The second-order valence-electron chi connectivity index (χ2n) is 5.55. The highest BCUT2D eigenvalue weighted by molar-refractivity contribution is 6.29. The molecule has 1 amide bonds. The standard InChI is InChI=1S/C19H24ClN5O/c1-2-21-19(23-11-10-15-8-9-17(20)25-14-15)24-13-12-22-18(26)16-6-4-3-5-7-16/h3-9,14H,2,10-13H2,1H3,(H,22,26)(H2,21,23,24). The minimum absolute atomic E-state index is 0.0791. The number of amides is 1. The summed E-state index contributed by atoms with van der Waals surface area (Å²) in [6.07, 6.45) is 2.54. The van der Waals surface area contributed by atoms with Gasteiger partial charge in [-0.2, -0.15) is 0 Å². The number of pyridine rings is 1. The summed E-state index contributed by atoms with van der Waals surface area (Å²) in [5, 5.41) is 9.77. The SMILES string of the molecule is CCNC(=NCCc1ccc(Cl)nc1)NCCNC(=O)c1ccccc1. The Morgan fingerprint density at radius 2 is 1.85 bits per heavy atom. The van der Waals surface area contributed by atoms with Gasteiger partial charge in [-0.15, -0.1) is 0 Å². The molecule has 26 heavy (non-hydrogen) atoms. The quantitative estimate of drug-likeness (QED) is 0.287. The van der Waals surface area contributed by atoms with Crippen LogP contribution in [0.4, 0.5) is 0 Å². The molecular formula is C19H24ClN5O. The average Bonchev–Trinajstić information content (AvgIpc) is 2.67. The van der Waals surface area contributed by atoms with Crippen LogP contribution in [0.3, 0.4) is 0 Å². The van der Waals surface area contributed by atoms with E-state index >= 15 is 0 Å². The molecular weight excluding hydrogens is 350 g/mol. The number of carbonyl (C=O) groups excluding carboxylic acids is 1. The Bertz CT molecular complexity index is 704. The van der Waals surface area contributed by atoms with Gasteiger partial charge in [0.1, 0.15) is 5.15 Å². The van der Waals surface area contributed by atoms with Gasteiger partial charge in [-0.05, 0) is 37.1 Å². The van der Waals surface area contributed by atoms with Crippen LogP contribution in [0.2, 0.25) is 5.15 Å². The van der Waals surface area contributed by atoms with Crippen LogP contribution in [0, 0.1) is 0 Å². The maximum absolute atomic E-state index is 12.0.